The molecule has 1 aromatic carbocycles. The number of anilines is 1. The number of halogens is 1. The van der Waals surface area contributed by atoms with Gasteiger partial charge in [0, 0.05) is 23.0 Å². The van der Waals surface area contributed by atoms with Crippen LogP contribution in [-0.4, -0.2) is 22.5 Å². The van der Waals surface area contributed by atoms with Gasteiger partial charge in [-0.1, -0.05) is 28.1 Å². The second-order valence-corrected chi connectivity index (χ2v) is 5.11. The van der Waals surface area contributed by atoms with Crippen LogP contribution in [0.3, 0.4) is 0 Å². The molecule has 0 saturated heterocycles. The fourth-order valence-corrected chi connectivity index (χ4v) is 1.83. The lowest BCUT2D eigenvalue weighted by Crippen LogP contribution is -2.07. The van der Waals surface area contributed by atoms with Crippen LogP contribution in [0, 0.1) is 0 Å². The Hall–Kier alpha value is -1.75. The van der Waals surface area contributed by atoms with Crippen molar-refractivity contribution in [2.24, 2.45) is 0 Å². The molecule has 0 aliphatic heterocycles. The maximum absolute atomic E-state index is 10.8. The Morgan fingerprint density at radius 1 is 1.16 bits per heavy atom. The smallest absolute Gasteiger partial charge is 0.148 e. The van der Waals surface area contributed by atoms with Crippen LogP contribution >= 0.6 is 15.9 Å². The first-order valence-electron chi connectivity index (χ1n) is 5.98. The summed E-state index contributed by atoms with van der Waals surface area (Å²) in [5.74, 6) is 0.842. The zero-order chi connectivity index (χ0) is 13.7. The summed E-state index contributed by atoms with van der Waals surface area (Å²) >= 11 is 3.40. The van der Waals surface area contributed by atoms with E-state index in [-0.39, 0.29) is 5.78 Å². The number of aromatic nitrogens is 2. The summed E-state index contributed by atoms with van der Waals surface area (Å²) in [5, 5.41) is 11.3. The van der Waals surface area contributed by atoms with E-state index < -0.39 is 0 Å². The van der Waals surface area contributed by atoms with Crippen LogP contribution in [-0.2, 0) is 4.79 Å². The van der Waals surface area contributed by atoms with Crippen LogP contribution in [0.2, 0.25) is 0 Å². The van der Waals surface area contributed by atoms with E-state index in [1.807, 2.05) is 36.4 Å². The molecule has 1 N–H and O–H groups in total. The monoisotopic (exact) mass is 319 g/mol. The molecule has 2 rings (SSSR count). The van der Waals surface area contributed by atoms with E-state index in [1.54, 1.807) is 6.92 Å². The van der Waals surface area contributed by atoms with E-state index in [4.69, 9.17) is 0 Å². The van der Waals surface area contributed by atoms with Crippen molar-refractivity contribution in [2.75, 3.05) is 11.9 Å². The number of benzene rings is 1. The summed E-state index contributed by atoms with van der Waals surface area (Å²) in [6, 6.07) is 11.7. The third kappa shape index (κ3) is 4.13. The number of hydrogen-bond donors (Lipinski definition) is 1. The minimum atomic E-state index is 0.159. The second kappa shape index (κ2) is 6.43. The molecule has 0 fully saturated rings. The van der Waals surface area contributed by atoms with Crippen LogP contribution in [0.25, 0.3) is 11.3 Å². The van der Waals surface area contributed by atoms with Crippen molar-refractivity contribution in [3.8, 4) is 11.3 Å². The summed E-state index contributed by atoms with van der Waals surface area (Å²) in [6.07, 6.45) is 0.496. The Labute approximate surface area is 120 Å². The highest BCUT2D eigenvalue weighted by molar-refractivity contribution is 9.10. The van der Waals surface area contributed by atoms with Crippen LogP contribution < -0.4 is 5.32 Å². The fraction of sp³-hybridized carbons (Fsp3) is 0.214. The van der Waals surface area contributed by atoms with Crippen LogP contribution in [0.1, 0.15) is 13.3 Å². The van der Waals surface area contributed by atoms with Gasteiger partial charge in [0.1, 0.15) is 11.6 Å². The normalized spacial score (nSPS) is 10.2. The number of carbonyl (C=O) groups is 1. The Kier molecular flexibility index (Phi) is 4.63. The van der Waals surface area contributed by atoms with Crippen LogP contribution in [0.4, 0.5) is 5.82 Å². The average Bonchev–Trinajstić information content (AvgIpc) is 2.40. The quantitative estimate of drug-likeness (QED) is 0.918. The topological polar surface area (TPSA) is 54.9 Å². The van der Waals surface area contributed by atoms with E-state index in [2.05, 4.69) is 31.4 Å². The maximum atomic E-state index is 10.8. The largest absolute Gasteiger partial charge is 0.368 e. The van der Waals surface area contributed by atoms with Gasteiger partial charge < -0.3 is 5.32 Å². The lowest BCUT2D eigenvalue weighted by molar-refractivity contribution is -0.116. The number of nitrogens with one attached hydrogen (secondary N) is 1. The van der Waals surface area contributed by atoms with Crippen molar-refractivity contribution in [2.45, 2.75) is 13.3 Å². The van der Waals surface area contributed by atoms with Gasteiger partial charge in [-0.25, -0.2) is 0 Å². The lowest BCUT2D eigenvalue weighted by atomic mass is 10.1. The summed E-state index contributed by atoms with van der Waals surface area (Å²) < 4.78 is 1.03. The molecule has 1 heterocycles. The highest BCUT2D eigenvalue weighted by Gasteiger charge is 2.01. The minimum absolute atomic E-state index is 0.159. The summed E-state index contributed by atoms with van der Waals surface area (Å²) in [4.78, 5) is 10.8. The van der Waals surface area contributed by atoms with E-state index in [0.29, 0.717) is 18.8 Å². The molecule has 0 atom stereocenters. The van der Waals surface area contributed by atoms with E-state index >= 15 is 0 Å². The maximum Gasteiger partial charge on any atom is 0.148 e. The SMILES string of the molecule is CC(=O)CCNc1ccc(-c2ccc(Br)cc2)nn1. The first kappa shape index (κ1) is 13.7. The molecule has 5 heteroatoms. The van der Waals surface area contributed by atoms with Gasteiger partial charge in [0.2, 0.25) is 0 Å². The first-order valence-corrected chi connectivity index (χ1v) is 6.77. The van der Waals surface area contributed by atoms with Gasteiger partial charge in [-0.05, 0) is 31.2 Å². The highest BCUT2D eigenvalue weighted by atomic mass is 79.9. The average molecular weight is 320 g/mol. The number of carbonyl (C=O) groups excluding carboxylic acids is 1. The predicted octanol–water partition coefficient (Wildman–Crippen LogP) is 3.30. The molecular weight excluding hydrogens is 306 g/mol. The highest BCUT2D eigenvalue weighted by Crippen LogP contribution is 2.19. The number of nitrogens with zero attached hydrogens (tertiary/aromatic N) is 2. The molecule has 0 aliphatic rings. The zero-order valence-electron chi connectivity index (χ0n) is 10.6. The van der Waals surface area contributed by atoms with Crippen molar-refractivity contribution in [3.63, 3.8) is 0 Å². The van der Waals surface area contributed by atoms with Gasteiger partial charge in [-0.15, -0.1) is 10.2 Å². The Morgan fingerprint density at radius 2 is 1.89 bits per heavy atom. The third-order valence-electron chi connectivity index (χ3n) is 2.59. The predicted molar refractivity (Wildman–Crippen MR) is 79.0 cm³/mol. The van der Waals surface area contributed by atoms with Crippen molar-refractivity contribution >= 4 is 27.5 Å². The van der Waals surface area contributed by atoms with Gasteiger partial charge in [-0.2, -0.15) is 0 Å². The minimum Gasteiger partial charge on any atom is -0.368 e. The lowest BCUT2D eigenvalue weighted by Gasteiger charge is -2.04. The van der Waals surface area contributed by atoms with Crippen molar-refractivity contribution in [3.05, 3.63) is 40.9 Å². The zero-order valence-corrected chi connectivity index (χ0v) is 12.1. The molecule has 1 aromatic heterocycles. The molecule has 4 nitrogen and oxygen atoms in total. The fourth-order valence-electron chi connectivity index (χ4n) is 1.57. The van der Waals surface area contributed by atoms with Gasteiger partial charge in [-0.3, -0.25) is 4.79 Å². The van der Waals surface area contributed by atoms with E-state index in [9.17, 15) is 4.79 Å². The molecule has 98 valence electrons. The van der Waals surface area contributed by atoms with Crippen LogP contribution in [0.5, 0.6) is 0 Å². The first-order chi connectivity index (χ1) is 9.15. The Morgan fingerprint density at radius 3 is 2.47 bits per heavy atom. The Balaban J connectivity index is 2.02. The molecule has 2 aromatic rings. The summed E-state index contributed by atoms with van der Waals surface area (Å²) in [7, 11) is 0. The Bertz CT molecular complexity index is 552. The summed E-state index contributed by atoms with van der Waals surface area (Å²) in [5.41, 5.74) is 1.84. The number of hydrogen-bond acceptors (Lipinski definition) is 4. The molecule has 0 radical (unpaired) electrons. The van der Waals surface area contributed by atoms with Crippen molar-refractivity contribution in [1.82, 2.24) is 10.2 Å². The molecule has 0 bridgehead atoms. The van der Waals surface area contributed by atoms with E-state index in [0.717, 1.165) is 15.7 Å². The molecule has 0 spiro atoms. The van der Waals surface area contributed by atoms with Crippen molar-refractivity contribution < 1.29 is 4.79 Å². The number of rotatable bonds is 5. The molecule has 19 heavy (non-hydrogen) atoms. The molecule has 0 aliphatic carbocycles. The molecule has 0 unspecified atom stereocenters. The van der Waals surface area contributed by atoms with Gasteiger partial charge >= 0.3 is 0 Å². The van der Waals surface area contributed by atoms with Gasteiger partial charge in [0.05, 0.1) is 5.69 Å². The third-order valence-corrected chi connectivity index (χ3v) is 3.12. The molecular formula is C14H14BrN3O. The van der Waals surface area contributed by atoms with E-state index in [1.165, 1.54) is 0 Å². The standard InChI is InChI=1S/C14H14BrN3O/c1-10(19)8-9-16-14-7-6-13(17-18-14)11-2-4-12(15)5-3-11/h2-7H,8-9H2,1H3,(H,16,18). The molecule has 0 amide bonds. The number of Topliss-reactive ketones (excluding diaryl/α,β-unsaturated/α-hetero) is 1. The van der Waals surface area contributed by atoms with Crippen molar-refractivity contribution in [1.29, 1.82) is 0 Å². The van der Waals surface area contributed by atoms with Gasteiger partial charge in [0.15, 0.2) is 0 Å². The summed E-state index contributed by atoms with van der Waals surface area (Å²) in [6.45, 7) is 2.16. The van der Waals surface area contributed by atoms with Gasteiger partial charge in [0.25, 0.3) is 0 Å². The second-order valence-electron chi connectivity index (χ2n) is 4.19. The van der Waals surface area contributed by atoms with Crippen LogP contribution in [0.15, 0.2) is 40.9 Å². The molecule has 0 saturated carbocycles. The number of ketones is 1.